The fourth-order valence-electron chi connectivity index (χ4n) is 1.86. The second-order valence-electron chi connectivity index (χ2n) is 4.09. The average molecular weight is 200 g/mol. The molecule has 4 nitrogen and oxygen atoms in total. The fourth-order valence-corrected chi connectivity index (χ4v) is 1.86. The zero-order valence-electron chi connectivity index (χ0n) is 8.78. The van der Waals surface area contributed by atoms with Crippen molar-refractivity contribution in [3.8, 4) is 0 Å². The van der Waals surface area contributed by atoms with E-state index < -0.39 is 6.04 Å². The maximum atomic E-state index is 11.6. The van der Waals surface area contributed by atoms with Crippen LogP contribution in [0.5, 0.6) is 0 Å². The van der Waals surface area contributed by atoms with Crippen LogP contribution < -0.4 is 5.73 Å². The summed E-state index contributed by atoms with van der Waals surface area (Å²) in [7, 11) is 0. The SMILES string of the molecule is C[C@@H](N)C(=O)N1CCCC(CO)CC1. The Morgan fingerprint density at radius 1 is 1.57 bits per heavy atom. The highest BCUT2D eigenvalue weighted by Gasteiger charge is 2.21. The number of hydrogen-bond acceptors (Lipinski definition) is 3. The summed E-state index contributed by atoms with van der Waals surface area (Å²) < 4.78 is 0. The Morgan fingerprint density at radius 2 is 2.29 bits per heavy atom. The molecule has 0 bridgehead atoms. The monoisotopic (exact) mass is 200 g/mol. The van der Waals surface area contributed by atoms with Crippen LogP contribution in [0.4, 0.5) is 0 Å². The molecule has 0 aromatic heterocycles. The van der Waals surface area contributed by atoms with E-state index in [0.717, 1.165) is 32.4 Å². The van der Waals surface area contributed by atoms with Crippen molar-refractivity contribution in [1.29, 1.82) is 0 Å². The van der Waals surface area contributed by atoms with Crippen LogP contribution >= 0.6 is 0 Å². The predicted molar refractivity (Wildman–Crippen MR) is 54.7 cm³/mol. The van der Waals surface area contributed by atoms with Crippen LogP contribution in [0, 0.1) is 5.92 Å². The van der Waals surface area contributed by atoms with Gasteiger partial charge in [-0.2, -0.15) is 0 Å². The minimum atomic E-state index is -0.402. The van der Waals surface area contributed by atoms with E-state index in [4.69, 9.17) is 10.8 Å². The number of aliphatic hydroxyl groups excluding tert-OH is 1. The van der Waals surface area contributed by atoms with E-state index in [0.29, 0.717) is 5.92 Å². The summed E-state index contributed by atoms with van der Waals surface area (Å²) in [4.78, 5) is 13.4. The van der Waals surface area contributed by atoms with E-state index in [-0.39, 0.29) is 12.5 Å². The number of carbonyl (C=O) groups excluding carboxylic acids is 1. The lowest BCUT2D eigenvalue weighted by Crippen LogP contribution is -2.42. The van der Waals surface area contributed by atoms with Gasteiger partial charge in [-0.3, -0.25) is 4.79 Å². The Morgan fingerprint density at radius 3 is 2.86 bits per heavy atom. The first-order chi connectivity index (χ1) is 6.65. The smallest absolute Gasteiger partial charge is 0.239 e. The van der Waals surface area contributed by atoms with Crippen molar-refractivity contribution >= 4 is 5.91 Å². The van der Waals surface area contributed by atoms with Gasteiger partial charge in [-0.05, 0) is 32.1 Å². The maximum Gasteiger partial charge on any atom is 0.239 e. The Kier molecular flexibility index (Phi) is 4.35. The molecule has 2 atom stereocenters. The van der Waals surface area contributed by atoms with Crippen LogP contribution in [0.1, 0.15) is 26.2 Å². The number of hydrogen-bond donors (Lipinski definition) is 2. The maximum absolute atomic E-state index is 11.6. The van der Waals surface area contributed by atoms with Gasteiger partial charge in [0.05, 0.1) is 6.04 Å². The molecule has 0 saturated carbocycles. The molecule has 82 valence electrons. The van der Waals surface area contributed by atoms with Crippen LogP contribution in [0.15, 0.2) is 0 Å². The molecule has 1 amide bonds. The normalized spacial score (nSPS) is 25.6. The van der Waals surface area contributed by atoms with Gasteiger partial charge in [0, 0.05) is 19.7 Å². The van der Waals surface area contributed by atoms with E-state index in [2.05, 4.69) is 0 Å². The van der Waals surface area contributed by atoms with Crippen molar-refractivity contribution in [3.05, 3.63) is 0 Å². The molecule has 1 aliphatic rings. The van der Waals surface area contributed by atoms with E-state index in [1.807, 2.05) is 4.90 Å². The lowest BCUT2D eigenvalue weighted by Gasteiger charge is -2.22. The number of nitrogens with two attached hydrogens (primary N) is 1. The van der Waals surface area contributed by atoms with Crippen LogP contribution in [-0.4, -0.2) is 41.7 Å². The summed E-state index contributed by atoms with van der Waals surface area (Å²) in [6.07, 6.45) is 2.89. The second kappa shape index (κ2) is 5.32. The molecule has 4 heteroatoms. The molecule has 0 spiro atoms. The summed E-state index contributed by atoms with van der Waals surface area (Å²) in [5.41, 5.74) is 5.54. The third-order valence-corrected chi connectivity index (χ3v) is 2.81. The van der Waals surface area contributed by atoms with E-state index in [1.165, 1.54) is 0 Å². The van der Waals surface area contributed by atoms with E-state index in [1.54, 1.807) is 6.92 Å². The van der Waals surface area contributed by atoms with Crippen molar-refractivity contribution in [2.45, 2.75) is 32.2 Å². The van der Waals surface area contributed by atoms with Crippen molar-refractivity contribution in [2.24, 2.45) is 11.7 Å². The lowest BCUT2D eigenvalue weighted by atomic mass is 10.0. The van der Waals surface area contributed by atoms with E-state index in [9.17, 15) is 4.79 Å². The average Bonchev–Trinajstić information content (AvgIpc) is 2.41. The predicted octanol–water partition coefficient (Wildman–Crippen LogP) is -0.0454. The number of amides is 1. The van der Waals surface area contributed by atoms with E-state index >= 15 is 0 Å². The molecular weight excluding hydrogens is 180 g/mol. The van der Waals surface area contributed by atoms with Gasteiger partial charge < -0.3 is 15.7 Å². The van der Waals surface area contributed by atoms with Gasteiger partial charge in [0.15, 0.2) is 0 Å². The Bertz CT molecular complexity index is 195. The number of carbonyl (C=O) groups is 1. The number of nitrogens with zero attached hydrogens (tertiary/aromatic N) is 1. The molecular formula is C10H20N2O2. The van der Waals surface area contributed by atoms with Gasteiger partial charge in [0.2, 0.25) is 5.91 Å². The molecule has 0 aromatic carbocycles. The van der Waals surface area contributed by atoms with Gasteiger partial charge >= 0.3 is 0 Å². The molecule has 0 radical (unpaired) electrons. The third kappa shape index (κ3) is 2.96. The topological polar surface area (TPSA) is 66.6 Å². The van der Waals surface area contributed by atoms with Gasteiger partial charge in [-0.15, -0.1) is 0 Å². The van der Waals surface area contributed by atoms with Crippen molar-refractivity contribution in [3.63, 3.8) is 0 Å². The molecule has 3 N–H and O–H groups in total. The summed E-state index contributed by atoms with van der Waals surface area (Å²) in [5, 5.41) is 9.02. The van der Waals surface area contributed by atoms with Crippen molar-refractivity contribution < 1.29 is 9.90 Å². The summed E-state index contributed by atoms with van der Waals surface area (Å²) in [5.74, 6) is 0.393. The molecule has 1 heterocycles. The zero-order chi connectivity index (χ0) is 10.6. The third-order valence-electron chi connectivity index (χ3n) is 2.81. The number of rotatable bonds is 2. The highest BCUT2D eigenvalue weighted by molar-refractivity contribution is 5.81. The molecule has 1 unspecified atom stereocenters. The molecule has 1 fully saturated rings. The Balaban J connectivity index is 2.45. The van der Waals surface area contributed by atoms with Crippen LogP contribution in [0.2, 0.25) is 0 Å². The van der Waals surface area contributed by atoms with Crippen LogP contribution in [-0.2, 0) is 4.79 Å². The van der Waals surface area contributed by atoms with Gasteiger partial charge in [-0.1, -0.05) is 0 Å². The standard InChI is InChI=1S/C10H20N2O2/c1-8(11)10(14)12-5-2-3-9(7-13)4-6-12/h8-9,13H,2-7,11H2,1H3/t8-,9?/m1/s1. The first-order valence-electron chi connectivity index (χ1n) is 5.30. The molecule has 1 saturated heterocycles. The molecule has 1 aliphatic heterocycles. The van der Waals surface area contributed by atoms with Crippen LogP contribution in [0.3, 0.4) is 0 Å². The first-order valence-corrected chi connectivity index (χ1v) is 5.30. The lowest BCUT2D eigenvalue weighted by molar-refractivity contribution is -0.132. The van der Waals surface area contributed by atoms with Crippen molar-refractivity contribution in [1.82, 2.24) is 4.90 Å². The molecule has 14 heavy (non-hydrogen) atoms. The minimum Gasteiger partial charge on any atom is -0.396 e. The minimum absolute atomic E-state index is 0.0311. The number of likely N-dealkylation sites (tertiary alicyclic amines) is 1. The largest absolute Gasteiger partial charge is 0.396 e. The van der Waals surface area contributed by atoms with Crippen LogP contribution in [0.25, 0.3) is 0 Å². The van der Waals surface area contributed by atoms with Gasteiger partial charge in [-0.25, -0.2) is 0 Å². The van der Waals surface area contributed by atoms with Gasteiger partial charge in [0.25, 0.3) is 0 Å². The second-order valence-corrected chi connectivity index (χ2v) is 4.09. The number of aliphatic hydroxyl groups is 1. The first kappa shape index (κ1) is 11.5. The molecule has 1 rings (SSSR count). The highest BCUT2D eigenvalue weighted by atomic mass is 16.3. The quantitative estimate of drug-likeness (QED) is 0.657. The summed E-state index contributed by atoms with van der Waals surface area (Å²) >= 11 is 0. The fraction of sp³-hybridized carbons (Fsp3) is 0.900. The summed E-state index contributed by atoms with van der Waals surface area (Å²) in [6.45, 7) is 3.49. The molecule has 0 aromatic rings. The highest BCUT2D eigenvalue weighted by Crippen LogP contribution is 2.16. The Hall–Kier alpha value is -0.610. The van der Waals surface area contributed by atoms with Crippen molar-refractivity contribution in [2.75, 3.05) is 19.7 Å². The zero-order valence-corrected chi connectivity index (χ0v) is 8.78. The summed E-state index contributed by atoms with van der Waals surface area (Å²) in [6, 6.07) is -0.402. The molecule has 0 aliphatic carbocycles. The van der Waals surface area contributed by atoms with Gasteiger partial charge in [0.1, 0.15) is 0 Å². The Labute approximate surface area is 85.1 Å².